The van der Waals surface area contributed by atoms with Crippen LogP contribution in [-0.4, -0.2) is 29.3 Å². The van der Waals surface area contributed by atoms with E-state index in [9.17, 15) is 8.42 Å². The Bertz CT molecular complexity index is 900. The van der Waals surface area contributed by atoms with Crippen LogP contribution in [0.1, 0.15) is 0 Å². The molecule has 1 aromatic carbocycles. The Balaban J connectivity index is 2.31. The van der Waals surface area contributed by atoms with Gasteiger partial charge in [-0.1, -0.05) is 12.1 Å². The van der Waals surface area contributed by atoms with Crippen molar-refractivity contribution >= 4 is 21.2 Å². The molecule has 7 heteroatoms. The number of nitrogen functional groups attached to an aromatic ring is 1. The first kappa shape index (κ1) is 12.6. The summed E-state index contributed by atoms with van der Waals surface area (Å²) in [7, 11) is -3.36. The fourth-order valence-corrected chi connectivity index (χ4v) is 2.93. The zero-order valence-electron chi connectivity index (χ0n) is 10.7. The van der Waals surface area contributed by atoms with Crippen LogP contribution < -0.4 is 5.73 Å². The van der Waals surface area contributed by atoms with Gasteiger partial charge in [-0.05, 0) is 24.3 Å². The Kier molecular flexibility index (Phi) is 2.72. The number of sulfone groups is 1. The summed E-state index contributed by atoms with van der Waals surface area (Å²) in [4.78, 5) is 4.39. The van der Waals surface area contributed by atoms with Crippen molar-refractivity contribution in [1.82, 2.24) is 14.6 Å². The minimum absolute atomic E-state index is 0.186. The van der Waals surface area contributed by atoms with Crippen LogP contribution in [0.25, 0.3) is 16.9 Å². The number of benzene rings is 1. The first-order chi connectivity index (χ1) is 9.47. The molecule has 0 saturated heterocycles. The Morgan fingerprint density at radius 2 is 1.90 bits per heavy atom. The number of anilines is 1. The van der Waals surface area contributed by atoms with Gasteiger partial charge in [0.2, 0.25) is 0 Å². The lowest BCUT2D eigenvalue weighted by atomic mass is 10.2. The molecule has 0 fully saturated rings. The van der Waals surface area contributed by atoms with Gasteiger partial charge in [-0.25, -0.2) is 17.9 Å². The minimum atomic E-state index is -3.36. The average Bonchev–Trinajstić information content (AvgIpc) is 2.86. The number of hydrogen-bond acceptors (Lipinski definition) is 5. The third-order valence-corrected chi connectivity index (χ3v) is 4.10. The summed E-state index contributed by atoms with van der Waals surface area (Å²) in [6.07, 6.45) is 2.89. The predicted octanol–water partition coefficient (Wildman–Crippen LogP) is 1.38. The lowest BCUT2D eigenvalue weighted by Gasteiger charge is -2.08. The minimum Gasteiger partial charge on any atom is -0.382 e. The topological polar surface area (TPSA) is 90.3 Å². The van der Waals surface area contributed by atoms with Crippen molar-refractivity contribution in [3.63, 3.8) is 0 Å². The molecule has 0 spiro atoms. The highest BCUT2D eigenvalue weighted by molar-refractivity contribution is 7.90. The van der Waals surface area contributed by atoms with E-state index < -0.39 is 9.84 Å². The second kappa shape index (κ2) is 4.31. The van der Waals surface area contributed by atoms with Crippen molar-refractivity contribution in [3.05, 3.63) is 42.6 Å². The van der Waals surface area contributed by atoms with Crippen LogP contribution >= 0.6 is 0 Å². The molecule has 6 nitrogen and oxygen atoms in total. The standard InChI is InChI=1S/C13H12N4O2S/c1-20(18,19)11-7-3-2-5-9(11)13-15-12(14)10-6-4-8-17(10)16-13/h2-8H,1H3,(H2,14,15,16). The van der Waals surface area contributed by atoms with Crippen LogP contribution in [0.3, 0.4) is 0 Å². The van der Waals surface area contributed by atoms with Crippen LogP contribution in [-0.2, 0) is 9.84 Å². The van der Waals surface area contributed by atoms with E-state index >= 15 is 0 Å². The van der Waals surface area contributed by atoms with E-state index in [4.69, 9.17) is 5.73 Å². The number of rotatable bonds is 2. The lowest BCUT2D eigenvalue weighted by Crippen LogP contribution is -2.06. The fraction of sp³-hybridized carbons (Fsp3) is 0.0769. The largest absolute Gasteiger partial charge is 0.382 e. The van der Waals surface area contributed by atoms with E-state index in [-0.39, 0.29) is 10.7 Å². The second-order valence-corrected chi connectivity index (χ2v) is 6.41. The summed E-state index contributed by atoms with van der Waals surface area (Å²) in [5.74, 6) is 0.593. The number of nitrogens with two attached hydrogens (primary N) is 1. The van der Waals surface area contributed by atoms with Gasteiger partial charge in [0.25, 0.3) is 0 Å². The van der Waals surface area contributed by atoms with Crippen LogP contribution in [0, 0.1) is 0 Å². The fourth-order valence-electron chi connectivity index (χ4n) is 2.05. The van der Waals surface area contributed by atoms with Crippen LogP contribution in [0.15, 0.2) is 47.5 Å². The van der Waals surface area contributed by atoms with Crippen molar-refractivity contribution in [2.75, 3.05) is 12.0 Å². The van der Waals surface area contributed by atoms with Gasteiger partial charge >= 0.3 is 0 Å². The Labute approximate surface area is 115 Å². The molecule has 0 aliphatic rings. The maximum absolute atomic E-state index is 11.8. The highest BCUT2D eigenvalue weighted by Crippen LogP contribution is 2.25. The molecular formula is C13H12N4O2S. The van der Waals surface area contributed by atoms with Gasteiger partial charge in [-0.3, -0.25) is 0 Å². The van der Waals surface area contributed by atoms with E-state index in [0.717, 1.165) is 6.26 Å². The Morgan fingerprint density at radius 1 is 1.15 bits per heavy atom. The number of hydrogen-bond donors (Lipinski definition) is 1. The van der Waals surface area contributed by atoms with Gasteiger partial charge in [-0.15, -0.1) is 5.10 Å². The first-order valence-corrected chi connectivity index (χ1v) is 7.76. The molecule has 3 rings (SSSR count). The smallest absolute Gasteiger partial charge is 0.183 e. The zero-order chi connectivity index (χ0) is 14.3. The van der Waals surface area contributed by atoms with Crippen LogP contribution in [0.5, 0.6) is 0 Å². The maximum atomic E-state index is 11.8. The van der Waals surface area contributed by atoms with Crippen LogP contribution in [0.4, 0.5) is 5.82 Å². The summed E-state index contributed by atoms with van der Waals surface area (Å²) in [6.45, 7) is 0. The van der Waals surface area contributed by atoms with E-state index in [2.05, 4.69) is 10.1 Å². The molecular weight excluding hydrogens is 276 g/mol. The molecule has 0 saturated carbocycles. The number of fused-ring (bicyclic) bond motifs is 1. The monoisotopic (exact) mass is 288 g/mol. The molecule has 0 amide bonds. The maximum Gasteiger partial charge on any atom is 0.183 e. The molecule has 0 bridgehead atoms. The quantitative estimate of drug-likeness (QED) is 0.769. The van der Waals surface area contributed by atoms with Crippen molar-refractivity contribution in [1.29, 1.82) is 0 Å². The van der Waals surface area contributed by atoms with Gasteiger partial charge in [0.1, 0.15) is 5.52 Å². The third kappa shape index (κ3) is 2.01. The van der Waals surface area contributed by atoms with Crippen molar-refractivity contribution in [3.8, 4) is 11.4 Å². The van der Waals surface area contributed by atoms with Gasteiger partial charge in [-0.2, -0.15) is 0 Å². The van der Waals surface area contributed by atoms with Crippen molar-refractivity contribution < 1.29 is 8.42 Å². The van der Waals surface area contributed by atoms with E-state index in [1.807, 2.05) is 0 Å². The summed E-state index contributed by atoms with van der Waals surface area (Å²) in [5.41, 5.74) is 7.00. The van der Waals surface area contributed by atoms with Gasteiger partial charge in [0.05, 0.1) is 4.90 Å². The summed E-state index contributed by atoms with van der Waals surface area (Å²) in [6, 6.07) is 10.2. The van der Waals surface area contributed by atoms with Crippen molar-refractivity contribution in [2.24, 2.45) is 0 Å². The molecule has 0 radical (unpaired) electrons. The molecule has 2 aromatic heterocycles. The van der Waals surface area contributed by atoms with E-state index in [1.165, 1.54) is 6.07 Å². The molecule has 0 atom stereocenters. The predicted molar refractivity (Wildman–Crippen MR) is 75.9 cm³/mol. The Hall–Kier alpha value is -2.41. The molecule has 102 valence electrons. The summed E-state index contributed by atoms with van der Waals surface area (Å²) < 4.78 is 25.2. The molecule has 0 unspecified atom stereocenters. The lowest BCUT2D eigenvalue weighted by molar-refractivity contribution is 0.602. The number of nitrogens with zero attached hydrogens (tertiary/aromatic N) is 3. The summed E-state index contributed by atoms with van der Waals surface area (Å²) in [5, 5.41) is 4.30. The van der Waals surface area contributed by atoms with Gasteiger partial charge in [0.15, 0.2) is 21.5 Å². The van der Waals surface area contributed by atoms with Crippen LogP contribution in [0.2, 0.25) is 0 Å². The normalized spacial score (nSPS) is 11.8. The van der Waals surface area contributed by atoms with Gasteiger partial charge < -0.3 is 5.73 Å². The zero-order valence-corrected chi connectivity index (χ0v) is 11.5. The summed E-state index contributed by atoms with van der Waals surface area (Å²) >= 11 is 0. The molecule has 3 aromatic rings. The van der Waals surface area contributed by atoms with Crippen molar-refractivity contribution in [2.45, 2.75) is 4.90 Å². The molecule has 0 aliphatic heterocycles. The highest BCUT2D eigenvalue weighted by atomic mass is 32.2. The third-order valence-electron chi connectivity index (χ3n) is 2.95. The first-order valence-electron chi connectivity index (χ1n) is 5.87. The highest BCUT2D eigenvalue weighted by Gasteiger charge is 2.17. The molecule has 0 aliphatic carbocycles. The average molecular weight is 288 g/mol. The Morgan fingerprint density at radius 3 is 2.65 bits per heavy atom. The SMILES string of the molecule is CS(=O)(=O)c1ccccc1-c1nc(N)c2cccn2n1. The molecule has 20 heavy (non-hydrogen) atoms. The number of aromatic nitrogens is 3. The molecule has 2 N–H and O–H groups in total. The van der Waals surface area contributed by atoms with E-state index in [1.54, 1.807) is 41.0 Å². The van der Waals surface area contributed by atoms with Gasteiger partial charge in [0, 0.05) is 18.0 Å². The van der Waals surface area contributed by atoms with E-state index in [0.29, 0.717) is 16.9 Å². The second-order valence-electron chi connectivity index (χ2n) is 4.43. The molecule has 2 heterocycles.